The molecule has 0 radical (unpaired) electrons. The number of hydrogen-bond donors (Lipinski definition) is 2. The highest BCUT2D eigenvalue weighted by Gasteiger charge is 2.21. The van der Waals surface area contributed by atoms with Crippen LogP contribution in [0.5, 0.6) is 0 Å². The molecule has 0 atom stereocenters. The van der Waals surface area contributed by atoms with Gasteiger partial charge in [0, 0.05) is 14.6 Å². The first-order valence-electron chi connectivity index (χ1n) is 5.17. The van der Waals surface area contributed by atoms with E-state index in [1.165, 1.54) is 18.4 Å². The van der Waals surface area contributed by atoms with Crippen molar-refractivity contribution in [2.75, 3.05) is 5.73 Å². The first kappa shape index (κ1) is 14.6. The Balaban J connectivity index is 2.29. The van der Waals surface area contributed by atoms with Crippen LogP contribution in [0.3, 0.4) is 0 Å². The van der Waals surface area contributed by atoms with Crippen molar-refractivity contribution in [1.29, 1.82) is 0 Å². The zero-order valence-electron chi connectivity index (χ0n) is 9.56. The number of nitrogen functional groups attached to an aromatic ring is 1. The van der Waals surface area contributed by atoms with Gasteiger partial charge in [-0.15, -0.1) is 0 Å². The molecule has 5 nitrogen and oxygen atoms in total. The average molecular weight is 410 g/mol. The number of benzene rings is 1. The molecule has 0 saturated heterocycles. The van der Waals surface area contributed by atoms with Crippen LogP contribution in [0, 0.1) is 0 Å². The minimum atomic E-state index is -3.67. The van der Waals surface area contributed by atoms with Gasteiger partial charge in [-0.1, -0.05) is 0 Å². The minimum absolute atomic E-state index is 0.0819. The fourth-order valence-electron chi connectivity index (χ4n) is 1.49. The average Bonchev–Trinajstić information content (AvgIpc) is 2.77. The quantitative estimate of drug-likeness (QED) is 0.760. The largest absolute Gasteiger partial charge is 0.468 e. The van der Waals surface area contributed by atoms with Gasteiger partial charge in [0.2, 0.25) is 10.0 Å². The highest BCUT2D eigenvalue weighted by molar-refractivity contribution is 9.11. The zero-order valence-corrected chi connectivity index (χ0v) is 13.5. The van der Waals surface area contributed by atoms with Crippen LogP contribution in [0.15, 0.2) is 48.8 Å². The van der Waals surface area contributed by atoms with Gasteiger partial charge in [0.15, 0.2) is 0 Å². The first-order chi connectivity index (χ1) is 8.90. The van der Waals surface area contributed by atoms with Gasteiger partial charge < -0.3 is 10.2 Å². The van der Waals surface area contributed by atoms with Gasteiger partial charge in [0.1, 0.15) is 10.7 Å². The van der Waals surface area contributed by atoms with Crippen LogP contribution in [0.2, 0.25) is 0 Å². The first-order valence-corrected chi connectivity index (χ1v) is 8.23. The summed E-state index contributed by atoms with van der Waals surface area (Å²) in [6, 6.07) is 6.45. The van der Waals surface area contributed by atoms with E-state index >= 15 is 0 Å². The van der Waals surface area contributed by atoms with E-state index in [-0.39, 0.29) is 11.4 Å². The molecule has 102 valence electrons. The van der Waals surface area contributed by atoms with E-state index in [9.17, 15) is 8.42 Å². The predicted octanol–water partition coefficient (Wildman–Crippen LogP) is 2.87. The molecule has 0 aliphatic rings. The Morgan fingerprint density at radius 1 is 1.26 bits per heavy atom. The number of anilines is 1. The van der Waals surface area contributed by atoms with Gasteiger partial charge in [-0.3, -0.25) is 0 Å². The molecule has 0 amide bonds. The summed E-state index contributed by atoms with van der Waals surface area (Å²) in [6.07, 6.45) is 1.48. The van der Waals surface area contributed by atoms with Crippen molar-refractivity contribution in [2.24, 2.45) is 0 Å². The summed E-state index contributed by atoms with van der Waals surface area (Å²) in [4.78, 5) is 0.105. The van der Waals surface area contributed by atoms with Crippen LogP contribution >= 0.6 is 31.9 Å². The molecule has 0 aliphatic heterocycles. The van der Waals surface area contributed by atoms with Crippen molar-refractivity contribution in [3.05, 3.63) is 45.2 Å². The Morgan fingerprint density at radius 2 is 1.89 bits per heavy atom. The molecule has 0 spiro atoms. The lowest BCUT2D eigenvalue weighted by Crippen LogP contribution is -2.23. The summed E-state index contributed by atoms with van der Waals surface area (Å²) >= 11 is 6.40. The van der Waals surface area contributed by atoms with Crippen LogP contribution in [0.1, 0.15) is 5.76 Å². The fourth-order valence-corrected chi connectivity index (χ4v) is 5.10. The van der Waals surface area contributed by atoms with Crippen molar-refractivity contribution < 1.29 is 12.8 Å². The number of hydrogen-bond acceptors (Lipinski definition) is 4. The van der Waals surface area contributed by atoms with Crippen LogP contribution in [-0.2, 0) is 16.6 Å². The summed E-state index contributed by atoms with van der Waals surface area (Å²) in [5, 5.41) is 0. The van der Waals surface area contributed by atoms with E-state index in [4.69, 9.17) is 10.2 Å². The second-order valence-corrected chi connectivity index (χ2v) is 7.13. The van der Waals surface area contributed by atoms with Gasteiger partial charge in [0.05, 0.1) is 12.8 Å². The van der Waals surface area contributed by atoms with Gasteiger partial charge in [0.25, 0.3) is 0 Å². The third-order valence-electron chi connectivity index (χ3n) is 2.31. The molecular weight excluding hydrogens is 400 g/mol. The molecule has 0 aliphatic carbocycles. The van der Waals surface area contributed by atoms with Gasteiger partial charge in [-0.2, -0.15) is 0 Å². The summed E-state index contributed by atoms with van der Waals surface area (Å²) < 4.78 is 32.8. The SMILES string of the molecule is Nc1cc(Br)c(S(=O)(=O)NCc2ccco2)c(Br)c1. The standard InChI is InChI=1S/C11H10Br2N2O3S/c12-9-4-7(14)5-10(13)11(9)19(16,17)15-6-8-2-1-3-18-8/h1-5,15H,6,14H2. The summed E-state index contributed by atoms with van der Waals surface area (Å²) in [6.45, 7) is 0.0819. The normalized spacial score (nSPS) is 11.7. The number of halogens is 2. The molecule has 0 saturated carbocycles. The maximum absolute atomic E-state index is 12.2. The monoisotopic (exact) mass is 408 g/mol. The zero-order chi connectivity index (χ0) is 14.0. The Bertz CT molecular complexity index is 661. The van der Waals surface area contributed by atoms with E-state index in [2.05, 4.69) is 36.6 Å². The Labute approximate surface area is 127 Å². The van der Waals surface area contributed by atoms with Crippen LogP contribution in [0.4, 0.5) is 5.69 Å². The highest BCUT2D eigenvalue weighted by Crippen LogP contribution is 2.32. The Kier molecular flexibility index (Phi) is 4.34. The Hall–Kier alpha value is -0.830. The summed E-state index contributed by atoms with van der Waals surface area (Å²) in [5.74, 6) is 0.534. The van der Waals surface area contributed by atoms with E-state index in [1.807, 2.05) is 0 Å². The van der Waals surface area contributed by atoms with E-state index in [0.29, 0.717) is 20.4 Å². The minimum Gasteiger partial charge on any atom is -0.468 e. The van der Waals surface area contributed by atoms with Gasteiger partial charge in [-0.25, -0.2) is 13.1 Å². The van der Waals surface area contributed by atoms with Crippen molar-refractivity contribution in [1.82, 2.24) is 4.72 Å². The molecule has 0 bridgehead atoms. The molecule has 1 aromatic heterocycles. The molecule has 1 heterocycles. The molecule has 2 rings (SSSR count). The third kappa shape index (κ3) is 3.38. The molecule has 19 heavy (non-hydrogen) atoms. The number of nitrogens with one attached hydrogen (secondary N) is 1. The van der Waals surface area contributed by atoms with E-state index < -0.39 is 10.0 Å². The van der Waals surface area contributed by atoms with Crippen LogP contribution < -0.4 is 10.5 Å². The second-order valence-electron chi connectivity index (χ2n) is 3.72. The number of sulfonamides is 1. The molecule has 2 aromatic rings. The maximum Gasteiger partial charge on any atom is 0.243 e. The van der Waals surface area contributed by atoms with Crippen LogP contribution in [0.25, 0.3) is 0 Å². The van der Waals surface area contributed by atoms with Gasteiger partial charge >= 0.3 is 0 Å². The molecule has 8 heteroatoms. The third-order valence-corrected chi connectivity index (χ3v) is 5.58. The molecule has 1 aromatic carbocycles. The predicted molar refractivity (Wildman–Crippen MR) is 79.0 cm³/mol. The van der Waals surface area contributed by atoms with Crippen molar-refractivity contribution in [2.45, 2.75) is 11.4 Å². The topological polar surface area (TPSA) is 85.3 Å². The van der Waals surface area contributed by atoms with Crippen molar-refractivity contribution >= 4 is 47.6 Å². The molecule has 0 unspecified atom stereocenters. The highest BCUT2D eigenvalue weighted by atomic mass is 79.9. The summed E-state index contributed by atoms with van der Waals surface area (Å²) in [7, 11) is -3.67. The van der Waals surface area contributed by atoms with E-state index in [1.54, 1.807) is 12.1 Å². The molecular formula is C11H10Br2N2O3S. The second kappa shape index (κ2) is 5.66. The van der Waals surface area contributed by atoms with Crippen molar-refractivity contribution in [3.8, 4) is 0 Å². The van der Waals surface area contributed by atoms with Gasteiger partial charge in [-0.05, 0) is 56.1 Å². The lowest BCUT2D eigenvalue weighted by molar-refractivity contribution is 0.498. The molecule has 0 fully saturated rings. The number of nitrogens with two attached hydrogens (primary N) is 1. The number of furan rings is 1. The lowest BCUT2D eigenvalue weighted by atomic mass is 10.3. The number of rotatable bonds is 4. The Morgan fingerprint density at radius 3 is 2.42 bits per heavy atom. The van der Waals surface area contributed by atoms with Crippen molar-refractivity contribution in [3.63, 3.8) is 0 Å². The van der Waals surface area contributed by atoms with E-state index in [0.717, 1.165) is 0 Å². The van der Waals surface area contributed by atoms with Crippen LogP contribution in [-0.4, -0.2) is 8.42 Å². The maximum atomic E-state index is 12.2. The summed E-state index contributed by atoms with van der Waals surface area (Å²) in [5.41, 5.74) is 6.09. The fraction of sp³-hybridized carbons (Fsp3) is 0.0909. The lowest BCUT2D eigenvalue weighted by Gasteiger charge is -2.10. The molecule has 3 N–H and O–H groups in total. The smallest absolute Gasteiger partial charge is 0.243 e.